The summed E-state index contributed by atoms with van der Waals surface area (Å²) >= 11 is 0. The number of rotatable bonds is 3. The summed E-state index contributed by atoms with van der Waals surface area (Å²) in [6.45, 7) is 2.01. The predicted molar refractivity (Wildman–Crippen MR) is 70.1 cm³/mol. The maximum Gasteiger partial charge on any atom is 0.244 e. The van der Waals surface area contributed by atoms with Gasteiger partial charge in [-0.1, -0.05) is 24.3 Å². The van der Waals surface area contributed by atoms with Crippen molar-refractivity contribution in [2.45, 2.75) is 31.9 Å². The Labute approximate surface area is 112 Å². The second-order valence-corrected chi connectivity index (χ2v) is 4.89. The van der Waals surface area contributed by atoms with Gasteiger partial charge in [0.2, 0.25) is 11.8 Å². The fourth-order valence-electron chi connectivity index (χ4n) is 2.51. The van der Waals surface area contributed by atoms with E-state index in [1.165, 1.54) is 4.90 Å². The van der Waals surface area contributed by atoms with Crippen LogP contribution in [0.1, 0.15) is 30.5 Å². The number of nitrogens with two attached hydrogens (primary N) is 1. The van der Waals surface area contributed by atoms with Gasteiger partial charge in [-0.05, 0) is 24.5 Å². The molecule has 0 bridgehead atoms. The van der Waals surface area contributed by atoms with Crippen LogP contribution < -0.4 is 5.73 Å². The van der Waals surface area contributed by atoms with E-state index in [4.69, 9.17) is 5.73 Å². The van der Waals surface area contributed by atoms with Crippen LogP contribution in [-0.2, 0) is 16.0 Å². The first-order valence-electron chi connectivity index (χ1n) is 6.35. The van der Waals surface area contributed by atoms with Crippen LogP contribution in [-0.4, -0.2) is 34.5 Å². The SMILES string of the molecule is CC(O)CC(=O)N1CCc2ccccc2C1C(N)=O. The average Bonchev–Trinajstić information content (AvgIpc) is 2.36. The van der Waals surface area contributed by atoms with E-state index in [1.54, 1.807) is 6.92 Å². The molecule has 2 unspecified atom stereocenters. The minimum absolute atomic E-state index is 0.00590. The van der Waals surface area contributed by atoms with Crippen molar-refractivity contribution >= 4 is 11.8 Å². The summed E-state index contributed by atoms with van der Waals surface area (Å²) < 4.78 is 0. The van der Waals surface area contributed by atoms with E-state index in [-0.39, 0.29) is 12.3 Å². The molecule has 102 valence electrons. The molecule has 1 aliphatic rings. The Hall–Kier alpha value is -1.88. The standard InChI is InChI=1S/C14H18N2O3/c1-9(17)8-12(18)16-7-6-10-4-2-3-5-11(10)13(16)14(15)19/h2-5,9,13,17H,6-8H2,1H3,(H2,15,19). The zero-order valence-electron chi connectivity index (χ0n) is 10.9. The summed E-state index contributed by atoms with van der Waals surface area (Å²) in [4.78, 5) is 25.2. The molecule has 0 saturated carbocycles. The van der Waals surface area contributed by atoms with E-state index in [9.17, 15) is 14.7 Å². The van der Waals surface area contributed by atoms with Crippen LogP contribution in [0.25, 0.3) is 0 Å². The summed E-state index contributed by atoms with van der Waals surface area (Å²) in [5.41, 5.74) is 7.29. The van der Waals surface area contributed by atoms with Gasteiger partial charge in [-0.3, -0.25) is 9.59 Å². The van der Waals surface area contributed by atoms with Crippen LogP contribution in [0.5, 0.6) is 0 Å². The Kier molecular flexibility index (Phi) is 3.85. The molecule has 3 N–H and O–H groups in total. The highest BCUT2D eigenvalue weighted by atomic mass is 16.3. The maximum atomic E-state index is 12.1. The Balaban J connectivity index is 2.32. The quantitative estimate of drug-likeness (QED) is 0.825. The first-order chi connectivity index (χ1) is 9.00. The first kappa shape index (κ1) is 13.5. The Bertz CT molecular complexity index is 499. The normalized spacial score (nSPS) is 19.7. The predicted octanol–water partition coefficient (Wildman–Crippen LogP) is 0.369. The highest BCUT2D eigenvalue weighted by molar-refractivity contribution is 5.88. The number of benzene rings is 1. The minimum Gasteiger partial charge on any atom is -0.393 e. The van der Waals surface area contributed by atoms with Gasteiger partial charge >= 0.3 is 0 Å². The van der Waals surface area contributed by atoms with E-state index in [0.29, 0.717) is 13.0 Å². The zero-order chi connectivity index (χ0) is 14.0. The number of hydrogen-bond acceptors (Lipinski definition) is 3. The molecule has 5 nitrogen and oxygen atoms in total. The highest BCUT2D eigenvalue weighted by Gasteiger charge is 2.34. The lowest BCUT2D eigenvalue weighted by Crippen LogP contribution is -2.46. The van der Waals surface area contributed by atoms with Gasteiger partial charge in [-0.25, -0.2) is 0 Å². The molecule has 2 amide bonds. The van der Waals surface area contributed by atoms with Crippen molar-refractivity contribution in [1.29, 1.82) is 0 Å². The zero-order valence-corrected chi connectivity index (χ0v) is 10.9. The first-order valence-corrected chi connectivity index (χ1v) is 6.35. The number of primary amides is 1. The summed E-state index contributed by atoms with van der Waals surface area (Å²) in [6, 6.07) is 6.78. The molecule has 19 heavy (non-hydrogen) atoms. The van der Waals surface area contributed by atoms with Crippen LogP contribution in [0.2, 0.25) is 0 Å². The molecule has 0 aliphatic carbocycles. The molecule has 1 aliphatic heterocycles. The van der Waals surface area contributed by atoms with Crippen molar-refractivity contribution in [2.75, 3.05) is 6.54 Å². The number of carbonyl (C=O) groups excluding carboxylic acids is 2. The molecule has 5 heteroatoms. The van der Waals surface area contributed by atoms with E-state index in [0.717, 1.165) is 11.1 Å². The number of aliphatic hydroxyl groups is 1. The van der Waals surface area contributed by atoms with E-state index in [2.05, 4.69) is 0 Å². The van der Waals surface area contributed by atoms with Gasteiger partial charge in [0.1, 0.15) is 6.04 Å². The number of aliphatic hydroxyl groups excluding tert-OH is 1. The van der Waals surface area contributed by atoms with Gasteiger partial charge in [0.25, 0.3) is 0 Å². The van der Waals surface area contributed by atoms with Crippen molar-refractivity contribution in [1.82, 2.24) is 4.90 Å². The van der Waals surface area contributed by atoms with Crippen LogP contribution >= 0.6 is 0 Å². The number of nitrogens with zero attached hydrogens (tertiary/aromatic N) is 1. The van der Waals surface area contributed by atoms with Gasteiger partial charge in [0, 0.05) is 6.54 Å². The number of hydrogen-bond donors (Lipinski definition) is 2. The van der Waals surface area contributed by atoms with E-state index < -0.39 is 18.1 Å². The second kappa shape index (κ2) is 5.40. The van der Waals surface area contributed by atoms with E-state index in [1.807, 2.05) is 24.3 Å². The van der Waals surface area contributed by atoms with Gasteiger partial charge < -0.3 is 15.7 Å². The monoisotopic (exact) mass is 262 g/mol. The van der Waals surface area contributed by atoms with Crippen molar-refractivity contribution < 1.29 is 14.7 Å². The Morgan fingerprint density at radius 3 is 2.79 bits per heavy atom. The lowest BCUT2D eigenvalue weighted by Gasteiger charge is -2.35. The summed E-state index contributed by atoms with van der Waals surface area (Å²) in [6.07, 6.45) is -0.0181. The van der Waals surface area contributed by atoms with Crippen molar-refractivity contribution in [3.8, 4) is 0 Å². The summed E-state index contributed by atoms with van der Waals surface area (Å²) in [5.74, 6) is -0.778. The van der Waals surface area contributed by atoms with Crippen molar-refractivity contribution in [3.63, 3.8) is 0 Å². The topological polar surface area (TPSA) is 83.6 Å². The fraction of sp³-hybridized carbons (Fsp3) is 0.429. The summed E-state index contributed by atoms with van der Waals surface area (Å²) in [5, 5.41) is 9.31. The van der Waals surface area contributed by atoms with Gasteiger partial charge in [-0.15, -0.1) is 0 Å². The smallest absolute Gasteiger partial charge is 0.244 e. The third-order valence-electron chi connectivity index (χ3n) is 3.34. The molecule has 0 radical (unpaired) electrons. The molecule has 0 spiro atoms. The third kappa shape index (κ3) is 2.76. The van der Waals surface area contributed by atoms with Crippen LogP contribution in [0.15, 0.2) is 24.3 Å². The molecule has 2 rings (SSSR count). The largest absolute Gasteiger partial charge is 0.393 e. The lowest BCUT2D eigenvalue weighted by molar-refractivity contribution is -0.141. The number of carbonyl (C=O) groups is 2. The molecule has 2 atom stereocenters. The molecule has 0 saturated heterocycles. The third-order valence-corrected chi connectivity index (χ3v) is 3.34. The maximum absolute atomic E-state index is 12.1. The number of amides is 2. The van der Waals surface area contributed by atoms with Crippen molar-refractivity contribution in [2.24, 2.45) is 5.73 Å². The van der Waals surface area contributed by atoms with E-state index >= 15 is 0 Å². The molecular weight excluding hydrogens is 244 g/mol. The Morgan fingerprint density at radius 1 is 1.47 bits per heavy atom. The molecule has 0 aromatic heterocycles. The highest BCUT2D eigenvalue weighted by Crippen LogP contribution is 2.30. The molecule has 1 aromatic carbocycles. The average molecular weight is 262 g/mol. The number of fused-ring (bicyclic) bond motifs is 1. The molecule has 1 heterocycles. The fourth-order valence-corrected chi connectivity index (χ4v) is 2.51. The Morgan fingerprint density at radius 2 is 2.16 bits per heavy atom. The lowest BCUT2D eigenvalue weighted by atomic mass is 9.92. The van der Waals surface area contributed by atoms with Crippen LogP contribution in [0.3, 0.4) is 0 Å². The van der Waals surface area contributed by atoms with Crippen molar-refractivity contribution in [3.05, 3.63) is 35.4 Å². The van der Waals surface area contributed by atoms with Crippen LogP contribution in [0, 0.1) is 0 Å². The minimum atomic E-state index is -0.726. The second-order valence-electron chi connectivity index (χ2n) is 4.89. The molecular formula is C14H18N2O3. The van der Waals surface area contributed by atoms with Gasteiger partial charge in [-0.2, -0.15) is 0 Å². The van der Waals surface area contributed by atoms with Gasteiger partial charge in [0.15, 0.2) is 0 Å². The molecule has 0 fully saturated rings. The summed E-state index contributed by atoms with van der Waals surface area (Å²) in [7, 11) is 0. The molecule has 1 aromatic rings. The van der Waals surface area contributed by atoms with Gasteiger partial charge in [0.05, 0.1) is 12.5 Å². The van der Waals surface area contributed by atoms with Crippen LogP contribution in [0.4, 0.5) is 0 Å².